The van der Waals surface area contributed by atoms with Crippen LogP contribution in [0.5, 0.6) is 5.75 Å². The molecule has 3 aromatic rings. The molecule has 1 aliphatic rings. The van der Waals surface area contributed by atoms with Crippen LogP contribution in [0, 0.1) is 0 Å². The summed E-state index contributed by atoms with van der Waals surface area (Å²) < 4.78 is 6.59. The molecule has 0 unspecified atom stereocenters. The molecule has 2 heterocycles. The van der Waals surface area contributed by atoms with Crippen LogP contribution in [0.25, 0.3) is 10.2 Å². The Morgan fingerprint density at radius 2 is 2.00 bits per heavy atom. The van der Waals surface area contributed by atoms with Gasteiger partial charge in [-0.2, -0.15) is 0 Å². The van der Waals surface area contributed by atoms with Crippen molar-refractivity contribution in [3.8, 4) is 5.75 Å². The Balaban J connectivity index is 1.28. The van der Waals surface area contributed by atoms with Gasteiger partial charge in [0.05, 0.1) is 24.5 Å². The predicted molar refractivity (Wildman–Crippen MR) is 124 cm³/mol. The third kappa shape index (κ3) is 4.83. The van der Waals surface area contributed by atoms with Gasteiger partial charge in [0.2, 0.25) is 11.8 Å². The summed E-state index contributed by atoms with van der Waals surface area (Å²) in [6, 6.07) is 7.19. The van der Waals surface area contributed by atoms with E-state index in [9.17, 15) is 14.4 Å². The number of aromatic nitrogens is 2. The summed E-state index contributed by atoms with van der Waals surface area (Å²) in [5, 5.41) is 6.26. The van der Waals surface area contributed by atoms with Gasteiger partial charge in [-0.15, -0.1) is 11.3 Å². The Hall–Kier alpha value is -3.20. The Morgan fingerprint density at radius 3 is 2.84 bits per heavy atom. The molecule has 1 aromatic carbocycles. The number of carbonyl (C=O) groups is 2. The molecule has 2 amide bonds. The standard InChI is InChI=1S/C23H26N4O4S/c1-31-17-9-4-3-8-16(17)26-19(28)11-6-12-24-20(29)13-27-14-25-22-21(23(27)30)15-7-2-5-10-18(15)32-22/h3-4,8-9,14H,2,5-7,10-13H2,1H3,(H,24,29)(H,26,28). The minimum absolute atomic E-state index is 0.0835. The number of methoxy groups -OCH3 is 1. The van der Waals surface area contributed by atoms with Gasteiger partial charge in [-0.3, -0.25) is 19.0 Å². The molecule has 168 valence electrons. The van der Waals surface area contributed by atoms with E-state index in [1.807, 2.05) is 12.1 Å². The lowest BCUT2D eigenvalue weighted by molar-refractivity contribution is -0.122. The number of ether oxygens (including phenoxy) is 1. The zero-order valence-corrected chi connectivity index (χ0v) is 18.8. The number of benzene rings is 1. The maximum Gasteiger partial charge on any atom is 0.262 e. The van der Waals surface area contributed by atoms with Gasteiger partial charge in [-0.05, 0) is 49.8 Å². The summed E-state index contributed by atoms with van der Waals surface area (Å²) in [5.41, 5.74) is 1.58. The molecule has 0 aliphatic heterocycles. The fraction of sp³-hybridized carbons (Fsp3) is 0.391. The molecule has 8 nitrogen and oxygen atoms in total. The van der Waals surface area contributed by atoms with Gasteiger partial charge < -0.3 is 15.4 Å². The molecule has 2 aromatic heterocycles. The Labute approximate surface area is 189 Å². The second kappa shape index (κ2) is 9.95. The Morgan fingerprint density at radius 1 is 1.19 bits per heavy atom. The number of para-hydroxylation sites is 2. The first-order valence-electron chi connectivity index (χ1n) is 10.8. The maximum absolute atomic E-state index is 12.9. The first kappa shape index (κ1) is 22.0. The van der Waals surface area contributed by atoms with Gasteiger partial charge in [-0.25, -0.2) is 4.98 Å². The number of rotatable bonds is 8. The van der Waals surface area contributed by atoms with Crippen LogP contribution in [0.4, 0.5) is 5.69 Å². The van der Waals surface area contributed by atoms with Crippen LogP contribution in [0.1, 0.15) is 36.1 Å². The van der Waals surface area contributed by atoms with Crippen LogP contribution >= 0.6 is 11.3 Å². The van der Waals surface area contributed by atoms with E-state index in [2.05, 4.69) is 15.6 Å². The first-order chi connectivity index (χ1) is 15.6. The molecule has 1 aliphatic carbocycles. The van der Waals surface area contributed by atoms with E-state index in [-0.39, 0.29) is 30.3 Å². The quantitative estimate of drug-likeness (QED) is 0.510. The average Bonchev–Trinajstić information content (AvgIpc) is 3.18. The zero-order valence-electron chi connectivity index (χ0n) is 18.0. The second-order valence-electron chi connectivity index (χ2n) is 7.77. The number of aryl methyl sites for hydroxylation is 2. The van der Waals surface area contributed by atoms with Crippen molar-refractivity contribution >= 4 is 39.1 Å². The van der Waals surface area contributed by atoms with Crippen molar-refractivity contribution in [3.05, 3.63) is 51.4 Å². The van der Waals surface area contributed by atoms with E-state index < -0.39 is 0 Å². The van der Waals surface area contributed by atoms with Gasteiger partial charge in [0.15, 0.2) is 0 Å². The Bertz CT molecular complexity index is 1200. The lowest BCUT2D eigenvalue weighted by atomic mass is 9.97. The number of fused-ring (bicyclic) bond motifs is 3. The maximum atomic E-state index is 12.9. The van der Waals surface area contributed by atoms with E-state index in [1.54, 1.807) is 30.6 Å². The number of amides is 2. The van der Waals surface area contributed by atoms with E-state index in [0.717, 1.165) is 36.1 Å². The SMILES string of the molecule is COc1ccccc1NC(=O)CCCNC(=O)Cn1cnc2sc3c(c2c1=O)CCCC3. The summed E-state index contributed by atoms with van der Waals surface area (Å²) >= 11 is 1.59. The molecule has 0 spiro atoms. The number of thiophene rings is 1. The number of carbonyl (C=O) groups excluding carboxylic acids is 2. The molecule has 0 saturated heterocycles. The summed E-state index contributed by atoms with van der Waals surface area (Å²) in [5.74, 6) is 0.163. The van der Waals surface area contributed by atoms with Gasteiger partial charge in [0.1, 0.15) is 17.1 Å². The fourth-order valence-corrected chi connectivity index (χ4v) is 5.16. The van der Waals surface area contributed by atoms with Crippen molar-refractivity contribution in [2.75, 3.05) is 19.0 Å². The largest absolute Gasteiger partial charge is 0.495 e. The molecule has 4 rings (SSSR count). The second-order valence-corrected chi connectivity index (χ2v) is 8.85. The highest BCUT2D eigenvalue weighted by Crippen LogP contribution is 2.33. The lowest BCUT2D eigenvalue weighted by Gasteiger charge is -2.11. The monoisotopic (exact) mass is 454 g/mol. The molecular formula is C23H26N4O4S. The van der Waals surface area contributed by atoms with Gasteiger partial charge in [-0.1, -0.05) is 12.1 Å². The van der Waals surface area contributed by atoms with Crippen molar-refractivity contribution in [2.24, 2.45) is 0 Å². The van der Waals surface area contributed by atoms with E-state index in [1.165, 1.54) is 15.8 Å². The highest BCUT2D eigenvalue weighted by atomic mass is 32.1. The molecule has 2 N–H and O–H groups in total. The van der Waals surface area contributed by atoms with Crippen LogP contribution in [0.3, 0.4) is 0 Å². The molecule has 0 fully saturated rings. The molecule has 0 atom stereocenters. The molecule has 9 heteroatoms. The summed E-state index contributed by atoms with van der Waals surface area (Å²) in [6.45, 7) is 0.260. The predicted octanol–water partition coefficient (Wildman–Crippen LogP) is 2.88. The zero-order chi connectivity index (χ0) is 22.5. The first-order valence-corrected chi connectivity index (χ1v) is 11.6. The van der Waals surface area contributed by atoms with Gasteiger partial charge in [0.25, 0.3) is 5.56 Å². The van der Waals surface area contributed by atoms with Crippen LogP contribution in [0.15, 0.2) is 35.4 Å². The van der Waals surface area contributed by atoms with Crippen LogP contribution < -0.4 is 20.9 Å². The third-order valence-corrected chi connectivity index (χ3v) is 6.74. The van der Waals surface area contributed by atoms with Crippen molar-refractivity contribution in [3.63, 3.8) is 0 Å². The van der Waals surface area contributed by atoms with E-state index in [4.69, 9.17) is 4.74 Å². The van der Waals surface area contributed by atoms with E-state index in [0.29, 0.717) is 29.8 Å². The van der Waals surface area contributed by atoms with Crippen molar-refractivity contribution in [1.29, 1.82) is 0 Å². The highest BCUT2D eigenvalue weighted by Gasteiger charge is 2.20. The molecule has 0 bridgehead atoms. The topological polar surface area (TPSA) is 102 Å². The average molecular weight is 455 g/mol. The number of nitrogens with zero attached hydrogens (tertiary/aromatic N) is 2. The summed E-state index contributed by atoms with van der Waals surface area (Å²) in [4.78, 5) is 43.8. The van der Waals surface area contributed by atoms with Gasteiger partial charge >= 0.3 is 0 Å². The Kier molecular flexibility index (Phi) is 6.84. The van der Waals surface area contributed by atoms with E-state index >= 15 is 0 Å². The van der Waals surface area contributed by atoms with Crippen LogP contribution in [-0.2, 0) is 29.0 Å². The summed E-state index contributed by atoms with van der Waals surface area (Å²) in [6.07, 6.45) is 6.32. The number of anilines is 1. The molecule has 0 radical (unpaired) electrons. The minimum atomic E-state index is -0.275. The minimum Gasteiger partial charge on any atom is -0.495 e. The van der Waals surface area contributed by atoms with Crippen molar-refractivity contribution in [1.82, 2.24) is 14.9 Å². The third-order valence-electron chi connectivity index (χ3n) is 5.54. The number of hydrogen-bond donors (Lipinski definition) is 2. The molecule has 32 heavy (non-hydrogen) atoms. The molecule has 0 saturated carbocycles. The smallest absolute Gasteiger partial charge is 0.262 e. The normalized spacial score (nSPS) is 12.9. The lowest BCUT2D eigenvalue weighted by Crippen LogP contribution is -2.33. The molecular weight excluding hydrogens is 428 g/mol. The highest BCUT2D eigenvalue weighted by molar-refractivity contribution is 7.18. The van der Waals surface area contributed by atoms with Gasteiger partial charge in [0, 0.05) is 17.8 Å². The number of hydrogen-bond acceptors (Lipinski definition) is 6. The van der Waals surface area contributed by atoms with Crippen LogP contribution in [-0.4, -0.2) is 35.0 Å². The van der Waals surface area contributed by atoms with Crippen LogP contribution in [0.2, 0.25) is 0 Å². The fourth-order valence-electron chi connectivity index (χ4n) is 3.94. The number of nitrogens with one attached hydrogen (secondary N) is 2. The van der Waals surface area contributed by atoms with Crippen molar-refractivity contribution in [2.45, 2.75) is 45.1 Å². The van der Waals surface area contributed by atoms with Crippen molar-refractivity contribution < 1.29 is 14.3 Å². The summed E-state index contributed by atoms with van der Waals surface area (Å²) in [7, 11) is 1.55.